The van der Waals surface area contributed by atoms with Gasteiger partial charge in [-0.05, 0) is 30.7 Å². The van der Waals surface area contributed by atoms with E-state index in [4.69, 9.17) is 5.11 Å². The molecule has 2 N–H and O–H groups in total. The van der Waals surface area contributed by atoms with Crippen LogP contribution in [0.3, 0.4) is 0 Å². The number of aliphatic hydroxyl groups is 1. The minimum atomic E-state index is -0.154. The van der Waals surface area contributed by atoms with Gasteiger partial charge in [0.25, 0.3) is 5.91 Å². The van der Waals surface area contributed by atoms with Crippen molar-refractivity contribution in [2.24, 2.45) is 0 Å². The summed E-state index contributed by atoms with van der Waals surface area (Å²) in [4.78, 5) is 12.2. The molecule has 21 heavy (non-hydrogen) atoms. The summed E-state index contributed by atoms with van der Waals surface area (Å²) in [6.07, 6.45) is 0. The van der Waals surface area contributed by atoms with E-state index in [0.717, 1.165) is 23.4 Å². The predicted octanol–water partition coefficient (Wildman–Crippen LogP) is 1.92. The molecule has 3 nitrogen and oxygen atoms in total. The molecule has 0 aliphatic carbocycles. The highest BCUT2D eigenvalue weighted by atomic mass is 32.2. The lowest BCUT2D eigenvalue weighted by Gasteiger charge is -2.21. The molecule has 1 atom stereocenters. The van der Waals surface area contributed by atoms with Crippen molar-refractivity contribution in [3.8, 4) is 11.8 Å². The van der Waals surface area contributed by atoms with Gasteiger partial charge in [0.2, 0.25) is 0 Å². The monoisotopic (exact) mass is 321 g/mol. The number of hydrogen-bond acceptors (Lipinski definition) is 4. The van der Waals surface area contributed by atoms with E-state index in [0.29, 0.717) is 10.8 Å². The van der Waals surface area contributed by atoms with Crippen LogP contribution in [-0.2, 0) is 0 Å². The minimum absolute atomic E-state index is 0.0315. The van der Waals surface area contributed by atoms with Crippen molar-refractivity contribution in [1.29, 1.82) is 0 Å². The molecule has 5 heteroatoms. The van der Waals surface area contributed by atoms with Crippen LogP contribution in [0.2, 0.25) is 0 Å². The smallest absolute Gasteiger partial charge is 0.251 e. The first-order chi connectivity index (χ1) is 10.2. The molecule has 1 saturated heterocycles. The molecule has 112 valence electrons. The lowest BCUT2D eigenvalue weighted by molar-refractivity contribution is 0.0954. The van der Waals surface area contributed by atoms with Gasteiger partial charge in [-0.3, -0.25) is 4.79 Å². The molecule has 1 aliphatic rings. The van der Waals surface area contributed by atoms with E-state index >= 15 is 0 Å². The largest absolute Gasteiger partial charge is 0.384 e. The van der Waals surface area contributed by atoms with E-state index in [1.807, 2.05) is 42.6 Å². The zero-order valence-electron chi connectivity index (χ0n) is 12.0. The summed E-state index contributed by atoms with van der Waals surface area (Å²) in [5.74, 6) is 8.96. The fourth-order valence-electron chi connectivity index (χ4n) is 2.04. The van der Waals surface area contributed by atoms with Crippen LogP contribution < -0.4 is 5.32 Å². The molecule has 1 aromatic carbocycles. The molecule has 0 spiro atoms. The Morgan fingerprint density at radius 2 is 2.33 bits per heavy atom. The van der Waals surface area contributed by atoms with Crippen molar-refractivity contribution in [2.75, 3.05) is 30.4 Å². The van der Waals surface area contributed by atoms with E-state index in [1.165, 1.54) is 11.5 Å². The summed E-state index contributed by atoms with van der Waals surface area (Å²) in [6.45, 7) is 2.49. The summed E-state index contributed by atoms with van der Waals surface area (Å²) in [6, 6.07) is 5.46. The average molecular weight is 321 g/mol. The number of benzene rings is 1. The van der Waals surface area contributed by atoms with E-state index in [2.05, 4.69) is 17.2 Å². The number of amides is 1. The topological polar surface area (TPSA) is 49.3 Å². The Morgan fingerprint density at radius 1 is 1.48 bits per heavy atom. The molecule has 1 heterocycles. The Kier molecular flexibility index (Phi) is 6.50. The summed E-state index contributed by atoms with van der Waals surface area (Å²) in [5.41, 5.74) is 2.46. The van der Waals surface area contributed by atoms with Crippen molar-refractivity contribution in [1.82, 2.24) is 5.32 Å². The molecule has 0 aromatic heterocycles. The molecule has 0 bridgehead atoms. The quantitative estimate of drug-likeness (QED) is 0.835. The molecule has 2 rings (SSSR count). The second-order valence-corrected chi connectivity index (χ2v) is 7.33. The zero-order chi connectivity index (χ0) is 15.1. The molecular weight excluding hydrogens is 302 g/mol. The summed E-state index contributed by atoms with van der Waals surface area (Å²) >= 11 is 3.89. The van der Waals surface area contributed by atoms with E-state index in [9.17, 15) is 4.79 Å². The van der Waals surface area contributed by atoms with Crippen LogP contribution in [0.4, 0.5) is 0 Å². The second kappa shape index (κ2) is 8.38. The SMILES string of the molecule is Cc1cc(C(=O)NCC2CSCCS2)ccc1C#CCO. The van der Waals surface area contributed by atoms with Gasteiger partial charge in [-0.1, -0.05) is 11.8 Å². The van der Waals surface area contributed by atoms with Crippen molar-refractivity contribution < 1.29 is 9.90 Å². The summed E-state index contributed by atoms with van der Waals surface area (Å²) in [5, 5.41) is 12.2. The zero-order valence-corrected chi connectivity index (χ0v) is 13.6. The van der Waals surface area contributed by atoms with Gasteiger partial charge in [-0.2, -0.15) is 23.5 Å². The van der Waals surface area contributed by atoms with E-state index < -0.39 is 0 Å². The van der Waals surface area contributed by atoms with Gasteiger partial charge in [0, 0.05) is 40.2 Å². The number of thioether (sulfide) groups is 2. The lowest BCUT2D eigenvalue weighted by atomic mass is 10.0. The Hall–Kier alpha value is -1.09. The summed E-state index contributed by atoms with van der Waals surface area (Å²) < 4.78 is 0. The highest BCUT2D eigenvalue weighted by Crippen LogP contribution is 2.23. The van der Waals surface area contributed by atoms with E-state index in [1.54, 1.807) is 6.07 Å². The van der Waals surface area contributed by atoms with Gasteiger partial charge in [-0.25, -0.2) is 0 Å². The highest BCUT2D eigenvalue weighted by molar-refractivity contribution is 8.06. The third-order valence-corrected chi connectivity index (χ3v) is 6.01. The second-order valence-electron chi connectivity index (χ2n) is 4.77. The van der Waals surface area contributed by atoms with Crippen LogP contribution in [0.25, 0.3) is 0 Å². The number of nitrogens with one attached hydrogen (secondary N) is 1. The highest BCUT2D eigenvalue weighted by Gasteiger charge is 2.15. The number of carbonyl (C=O) groups is 1. The van der Waals surface area contributed by atoms with Gasteiger partial charge in [0.15, 0.2) is 0 Å². The minimum Gasteiger partial charge on any atom is -0.384 e. The maximum absolute atomic E-state index is 12.2. The normalized spacial score (nSPS) is 17.7. The lowest BCUT2D eigenvalue weighted by Crippen LogP contribution is -2.33. The van der Waals surface area contributed by atoms with Crippen molar-refractivity contribution >= 4 is 29.4 Å². The first kappa shape index (κ1) is 16.3. The average Bonchev–Trinajstić information content (AvgIpc) is 2.52. The maximum Gasteiger partial charge on any atom is 0.251 e. The van der Waals surface area contributed by atoms with Crippen molar-refractivity contribution in [2.45, 2.75) is 12.2 Å². The number of aryl methyl sites for hydroxylation is 1. The van der Waals surface area contributed by atoms with Crippen LogP contribution in [0.5, 0.6) is 0 Å². The molecule has 1 unspecified atom stereocenters. The van der Waals surface area contributed by atoms with Crippen LogP contribution in [-0.4, -0.2) is 46.7 Å². The fourth-order valence-corrected chi connectivity index (χ4v) is 4.65. The van der Waals surface area contributed by atoms with Crippen molar-refractivity contribution in [3.05, 3.63) is 34.9 Å². The summed E-state index contributed by atoms with van der Waals surface area (Å²) in [7, 11) is 0. The first-order valence-corrected chi connectivity index (χ1v) is 9.09. The third-order valence-electron chi connectivity index (χ3n) is 3.17. The maximum atomic E-state index is 12.2. The molecule has 1 fully saturated rings. The molecule has 1 aromatic rings. The molecule has 0 radical (unpaired) electrons. The number of hydrogen-bond donors (Lipinski definition) is 2. The fraction of sp³-hybridized carbons (Fsp3) is 0.438. The third kappa shape index (κ3) is 4.99. The first-order valence-electron chi connectivity index (χ1n) is 6.88. The van der Waals surface area contributed by atoms with Gasteiger partial charge in [0.1, 0.15) is 6.61 Å². The number of carbonyl (C=O) groups excluding carboxylic acids is 1. The Morgan fingerprint density at radius 3 is 3.00 bits per heavy atom. The van der Waals surface area contributed by atoms with Gasteiger partial charge in [0.05, 0.1) is 0 Å². The van der Waals surface area contributed by atoms with Gasteiger partial charge in [-0.15, -0.1) is 0 Å². The number of aliphatic hydroxyl groups excluding tert-OH is 1. The Bertz CT molecular complexity index is 557. The van der Waals surface area contributed by atoms with Crippen LogP contribution in [0.15, 0.2) is 18.2 Å². The number of rotatable bonds is 3. The molecule has 0 saturated carbocycles. The molecule has 1 aliphatic heterocycles. The molecular formula is C16H19NO2S2. The van der Waals surface area contributed by atoms with Crippen LogP contribution in [0.1, 0.15) is 21.5 Å². The Labute approximate surface area is 134 Å². The van der Waals surface area contributed by atoms with Gasteiger partial charge < -0.3 is 10.4 Å². The van der Waals surface area contributed by atoms with Gasteiger partial charge >= 0.3 is 0 Å². The predicted molar refractivity (Wildman–Crippen MR) is 91.0 cm³/mol. The van der Waals surface area contributed by atoms with Crippen molar-refractivity contribution in [3.63, 3.8) is 0 Å². The molecule has 1 amide bonds. The van der Waals surface area contributed by atoms with E-state index in [-0.39, 0.29) is 12.5 Å². The van der Waals surface area contributed by atoms with Crippen LogP contribution >= 0.6 is 23.5 Å². The van der Waals surface area contributed by atoms with Crippen LogP contribution in [0, 0.1) is 18.8 Å². The standard InChI is InChI=1S/C16H19NO2S2/c1-12-9-14(5-4-13(12)3-2-6-18)16(19)17-10-15-11-20-7-8-21-15/h4-5,9,15,18H,6-8,10-11H2,1H3,(H,17,19). The Balaban J connectivity index is 1.94.